The van der Waals surface area contributed by atoms with E-state index < -0.39 is 22.8 Å². The van der Waals surface area contributed by atoms with Crippen molar-refractivity contribution in [1.82, 2.24) is 5.32 Å². The van der Waals surface area contributed by atoms with Crippen LogP contribution < -0.4 is 5.32 Å². The van der Waals surface area contributed by atoms with Gasteiger partial charge in [0.1, 0.15) is 11.8 Å². The van der Waals surface area contributed by atoms with E-state index in [1.165, 1.54) is 25.1 Å². The zero-order valence-corrected chi connectivity index (χ0v) is 16.7. The number of nitrogens with zero attached hydrogens (tertiary/aromatic N) is 2. The van der Waals surface area contributed by atoms with Gasteiger partial charge in [-0.05, 0) is 32.4 Å². The summed E-state index contributed by atoms with van der Waals surface area (Å²) in [5.74, 6) is -2.78. The normalized spacial score (nSPS) is 16.0. The van der Waals surface area contributed by atoms with Crippen molar-refractivity contribution < 1.29 is 24.0 Å². The molecule has 152 valence electrons. The summed E-state index contributed by atoms with van der Waals surface area (Å²) in [7, 11) is 0. The number of carbonyl (C=O) groups excluding carboxylic acids is 2. The van der Waals surface area contributed by atoms with Crippen LogP contribution in [0.2, 0.25) is 5.02 Å². The number of carbonyl (C=O) groups is 2. The van der Waals surface area contributed by atoms with E-state index >= 15 is 0 Å². The average Bonchev–Trinajstić information content (AvgIpc) is 2.67. The molecular formula is C19H18ClN3O6. The number of hydrogen-bond acceptors (Lipinski definition) is 8. The van der Waals surface area contributed by atoms with Gasteiger partial charge in [0, 0.05) is 22.9 Å². The molecule has 0 spiro atoms. The number of nitrogens with one attached hydrogen (secondary N) is 1. The number of non-ortho nitro benzene ring substituents is 1. The van der Waals surface area contributed by atoms with Gasteiger partial charge in [0.15, 0.2) is 0 Å². The minimum atomic E-state index is -1.18. The predicted molar refractivity (Wildman–Crippen MR) is 103 cm³/mol. The maximum absolute atomic E-state index is 12.7. The van der Waals surface area contributed by atoms with Crippen molar-refractivity contribution in [3.63, 3.8) is 0 Å². The highest BCUT2D eigenvalue weighted by molar-refractivity contribution is 6.31. The van der Waals surface area contributed by atoms with Gasteiger partial charge in [0.2, 0.25) is 0 Å². The largest absolute Gasteiger partial charge is 0.463 e. The van der Waals surface area contributed by atoms with Crippen LogP contribution in [0, 0.1) is 21.4 Å². The molecule has 2 rings (SSSR count). The first-order valence-electron chi connectivity index (χ1n) is 8.66. The topological polar surface area (TPSA) is 132 Å². The molecule has 1 atom stereocenters. The molecule has 0 aromatic heterocycles. The van der Waals surface area contributed by atoms with Gasteiger partial charge in [-0.25, -0.2) is 9.59 Å². The molecule has 1 unspecified atom stereocenters. The third-order valence-corrected chi connectivity index (χ3v) is 4.51. The number of nitriles is 1. The number of dihydropyridines is 1. The van der Waals surface area contributed by atoms with E-state index in [0.29, 0.717) is 0 Å². The lowest BCUT2D eigenvalue weighted by atomic mass is 9.80. The van der Waals surface area contributed by atoms with E-state index in [1.807, 2.05) is 6.07 Å². The third-order valence-electron chi connectivity index (χ3n) is 4.17. The zero-order valence-electron chi connectivity index (χ0n) is 15.9. The highest BCUT2D eigenvalue weighted by atomic mass is 35.5. The predicted octanol–water partition coefficient (Wildman–Crippen LogP) is 3.11. The monoisotopic (exact) mass is 419 g/mol. The van der Waals surface area contributed by atoms with Crippen LogP contribution >= 0.6 is 11.6 Å². The molecule has 29 heavy (non-hydrogen) atoms. The second kappa shape index (κ2) is 9.21. The fourth-order valence-corrected chi connectivity index (χ4v) is 3.23. The van der Waals surface area contributed by atoms with Crippen LogP contribution in [0.25, 0.3) is 0 Å². The van der Waals surface area contributed by atoms with E-state index in [4.69, 9.17) is 21.1 Å². The lowest BCUT2D eigenvalue weighted by Crippen LogP contribution is -2.33. The van der Waals surface area contributed by atoms with E-state index in [-0.39, 0.29) is 52.0 Å². The second-order valence-electron chi connectivity index (χ2n) is 5.90. The van der Waals surface area contributed by atoms with Crippen LogP contribution in [0.4, 0.5) is 5.69 Å². The number of hydrogen-bond donors (Lipinski definition) is 1. The number of benzene rings is 1. The molecule has 0 saturated heterocycles. The fraction of sp³-hybridized carbons (Fsp3) is 0.316. The number of allylic oxidation sites excluding steroid dienone is 2. The molecule has 0 radical (unpaired) electrons. The van der Waals surface area contributed by atoms with Gasteiger partial charge in [0.25, 0.3) is 5.69 Å². The summed E-state index contributed by atoms with van der Waals surface area (Å²) in [5.41, 5.74) is -0.213. The number of halogens is 1. The van der Waals surface area contributed by atoms with Crippen molar-refractivity contribution in [3.05, 3.63) is 61.4 Å². The standard InChI is InChI=1S/C19H18ClN3O6/c1-4-28-18(24)15-10(3)22-14(9-21)17(19(25)29-5-2)16(15)12-8-11(23(26)27)6-7-13(12)20/h6-8,16,22H,4-5H2,1-3H3. The minimum absolute atomic E-state index is 0.0105. The van der Waals surface area contributed by atoms with Gasteiger partial charge < -0.3 is 14.8 Å². The Morgan fingerprint density at radius 2 is 1.83 bits per heavy atom. The summed E-state index contributed by atoms with van der Waals surface area (Å²) in [6.45, 7) is 4.82. The van der Waals surface area contributed by atoms with E-state index in [9.17, 15) is 25.0 Å². The maximum atomic E-state index is 12.7. The van der Waals surface area contributed by atoms with Gasteiger partial charge in [-0.15, -0.1) is 0 Å². The summed E-state index contributed by atoms with van der Waals surface area (Å²) >= 11 is 6.29. The lowest BCUT2D eigenvalue weighted by molar-refractivity contribution is -0.384. The first-order valence-corrected chi connectivity index (χ1v) is 9.04. The molecule has 0 amide bonds. The van der Waals surface area contributed by atoms with Gasteiger partial charge in [-0.1, -0.05) is 11.6 Å². The molecule has 0 bridgehead atoms. The Hall–Kier alpha value is -3.38. The van der Waals surface area contributed by atoms with Crippen molar-refractivity contribution in [1.29, 1.82) is 5.26 Å². The van der Waals surface area contributed by atoms with Crippen molar-refractivity contribution in [2.45, 2.75) is 26.7 Å². The Morgan fingerprint density at radius 3 is 2.34 bits per heavy atom. The Balaban J connectivity index is 2.83. The molecule has 1 aromatic rings. The summed E-state index contributed by atoms with van der Waals surface area (Å²) in [4.78, 5) is 36.0. The summed E-state index contributed by atoms with van der Waals surface area (Å²) in [6.07, 6.45) is 0. The summed E-state index contributed by atoms with van der Waals surface area (Å²) in [6, 6.07) is 5.54. The highest BCUT2D eigenvalue weighted by Gasteiger charge is 2.40. The molecule has 0 saturated carbocycles. The number of ether oxygens (including phenoxy) is 2. The van der Waals surface area contributed by atoms with Crippen molar-refractivity contribution in [3.8, 4) is 6.07 Å². The first kappa shape index (κ1) is 21.9. The van der Waals surface area contributed by atoms with Gasteiger partial charge in [-0.3, -0.25) is 10.1 Å². The third kappa shape index (κ3) is 4.38. The second-order valence-corrected chi connectivity index (χ2v) is 6.31. The highest BCUT2D eigenvalue weighted by Crippen LogP contribution is 2.42. The van der Waals surface area contributed by atoms with Crippen LogP contribution in [0.3, 0.4) is 0 Å². The summed E-state index contributed by atoms with van der Waals surface area (Å²) in [5, 5.41) is 23.6. The molecule has 0 fully saturated rings. The van der Waals surface area contributed by atoms with Crippen LogP contribution in [-0.2, 0) is 19.1 Å². The van der Waals surface area contributed by atoms with E-state index in [1.54, 1.807) is 13.8 Å². The zero-order chi connectivity index (χ0) is 21.7. The molecule has 1 aliphatic rings. The maximum Gasteiger partial charge on any atom is 0.337 e. The van der Waals surface area contributed by atoms with Gasteiger partial charge >= 0.3 is 11.9 Å². The Morgan fingerprint density at radius 1 is 1.24 bits per heavy atom. The molecule has 1 aromatic carbocycles. The van der Waals surface area contributed by atoms with Crippen LogP contribution in [0.15, 0.2) is 40.7 Å². The smallest absolute Gasteiger partial charge is 0.337 e. The molecule has 0 aliphatic carbocycles. The fourth-order valence-electron chi connectivity index (χ4n) is 3.00. The Kier molecular flexibility index (Phi) is 6.96. The molecule has 1 aliphatic heterocycles. The summed E-state index contributed by atoms with van der Waals surface area (Å²) < 4.78 is 10.2. The number of esters is 2. The molecule has 1 heterocycles. The van der Waals surface area contributed by atoms with Crippen LogP contribution in [-0.4, -0.2) is 30.1 Å². The minimum Gasteiger partial charge on any atom is -0.463 e. The first-order chi connectivity index (χ1) is 13.8. The SMILES string of the molecule is CCOC(=O)C1=C(C)NC(C#N)=C(C(=O)OCC)C1c1cc([N+](=O)[O-])ccc1Cl. The van der Waals surface area contributed by atoms with E-state index in [0.717, 1.165) is 0 Å². The van der Waals surface area contributed by atoms with Crippen LogP contribution in [0.1, 0.15) is 32.3 Å². The molecule has 1 N–H and O–H groups in total. The molecule has 10 heteroatoms. The molecule has 9 nitrogen and oxygen atoms in total. The quantitative estimate of drug-likeness (QED) is 0.422. The van der Waals surface area contributed by atoms with Crippen LogP contribution in [0.5, 0.6) is 0 Å². The number of nitro groups is 1. The number of nitro benzene ring substituents is 1. The van der Waals surface area contributed by atoms with Gasteiger partial charge in [-0.2, -0.15) is 5.26 Å². The average molecular weight is 420 g/mol. The van der Waals surface area contributed by atoms with E-state index in [2.05, 4.69) is 5.32 Å². The Bertz CT molecular complexity index is 977. The Labute approximate surface area is 171 Å². The van der Waals surface area contributed by atoms with Crippen molar-refractivity contribution in [2.75, 3.05) is 13.2 Å². The molecular weight excluding hydrogens is 402 g/mol. The lowest BCUT2D eigenvalue weighted by Gasteiger charge is -2.29. The number of rotatable bonds is 6. The van der Waals surface area contributed by atoms with Crippen molar-refractivity contribution in [2.24, 2.45) is 0 Å². The van der Waals surface area contributed by atoms with Gasteiger partial charge in [0.05, 0.1) is 35.2 Å². The van der Waals surface area contributed by atoms with Crippen molar-refractivity contribution >= 4 is 29.2 Å².